The number of likely N-dealkylation sites (tertiary alicyclic amines) is 1. The van der Waals surface area contributed by atoms with Crippen LogP contribution in [0.4, 0.5) is 0 Å². The van der Waals surface area contributed by atoms with E-state index in [1.54, 1.807) is 0 Å². The number of ether oxygens (including phenoxy) is 1. The summed E-state index contributed by atoms with van der Waals surface area (Å²) < 4.78 is 31.6. The second kappa shape index (κ2) is 7.93. The van der Waals surface area contributed by atoms with Crippen molar-refractivity contribution in [2.24, 2.45) is 0 Å². The normalized spacial score (nSPS) is 31.5. The Bertz CT molecular complexity index is 1060. The van der Waals surface area contributed by atoms with Crippen LogP contribution in [0, 0.1) is 0 Å². The summed E-state index contributed by atoms with van der Waals surface area (Å²) in [5.74, 6) is 0. The Labute approximate surface area is 188 Å². The van der Waals surface area contributed by atoms with Gasteiger partial charge in [0.05, 0.1) is 35.4 Å². The molecule has 0 N–H and O–H groups in total. The van der Waals surface area contributed by atoms with E-state index >= 15 is 0 Å². The number of sulfone groups is 1. The van der Waals surface area contributed by atoms with Crippen LogP contribution < -0.4 is 0 Å². The molecule has 9 heteroatoms. The number of nitrogens with zero attached hydrogens (tertiary/aromatic N) is 4. The molecular formula is C22H32N4O3S2. The maximum Gasteiger partial charge on any atom is 0.150 e. The smallest absolute Gasteiger partial charge is 0.150 e. The Kier molecular flexibility index (Phi) is 5.52. The molecule has 1 saturated heterocycles. The average molecular weight is 465 g/mol. The highest BCUT2D eigenvalue weighted by Gasteiger charge is 2.44. The van der Waals surface area contributed by atoms with Crippen molar-refractivity contribution in [1.82, 2.24) is 19.9 Å². The Balaban J connectivity index is 1.23. The lowest BCUT2D eigenvalue weighted by Crippen LogP contribution is -2.50. The Morgan fingerprint density at radius 2 is 2.16 bits per heavy atom. The summed E-state index contributed by atoms with van der Waals surface area (Å²) in [5, 5.41) is 8.45. The Hall–Kier alpha value is -1.29. The number of aromatic nitrogens is 3. The van der Waals surface area contributed by atoms with Gasteiger partial charge in [-0.15, -0.1) is 16.4 Å². The molecule has 2 fully saturated rings. The maximum atomic E-state index is 11.7. The molecular weight excluding hydrogens is 432 g/mol. The molecule has 31 heavy (non-hydrogen) atoms. The van der Waals surface area contributed by atoms with E-state index in [4.69, 9.17) is 4.74 Å². The molecule has 7 nitrogen and oxygen atoms in total. The lowest BCUT2D eigenvalue weighted by molar-refractivity contribution is -0.112. The maximum absolute atomic E-state index is 11.7. The summed E-state index contributed by atoms with van der Waals surface area (Å²) in [6, 6.07) is 2.95. The highest BCUT2D eigenvalue weighted by atomic mass is 32.2. The van der Waals surface area contributed by atoms with Gasteiger partial charge >= 0.3 is 0 Å². The number of thiophene rings is 1. The number of fused-ring (bicyclic) bond motifs is 2. The molecule has 3 aliphatic rings. The molecule has 170 valence electrons. The highest BCUT2D eigenvalue weighted by molar-refractivity contribution is 7.91. The molecule has 1 saturated carbocycles. The van der Waals surface area contributed by atoms with Crippen LogP contribution in [0.1, 0.15) is 66.6 Å². The van der Waals surface area contributed by atoms with E-state index in [0.29, 0.717) is 18.9 Å². The van der Waals surface area contributed by atoms with Gasteiger partial charge in [0.25, 0.3) is 0 Å². The molecule has 2 aromatic rings. The van der Waals surface area contributed by atoms with Crippen molar-refractivity contribution in [2.45, 2.75) is 81.9 Å². The van der Waals surface area contributed by atoms with Crippen LogP contribution in [0.5, 0.6) is 0 Å². The van der Waals surface area contributed by atoms with Gasteiger partial charge in [-0.05, 0) is 50.7 Å². The first-order valence-corrected chi connectivity index (χ1v) is 14.1. The molecule has 0 unspecified atom stereocenters. The van der Waals surface area contributed by atoms with Crippen LogP contribution in [-0.4, -0.2) is 59.0 Å². The average Bonchev–Trinajstić information content (AvgIpc) is 3.29. The predicted octanol–water partition coefficient (Wildman–Crippen LogP) is 3.10. The van der Waals surface area contributed by atoms with Gasteiger partial charge in [0.2, 0.25) is 0 Å². The van der Waals surface area contributed by atoms with E-state index in [9.17, 15) is 8.42 Å². The summed E-state index contributed by atoms with van der Waals surface area (Å²) in [5.41, 5.74) is 2.28. The second-order valence-corrected chi connectivity index (χ2v) is 13.1. The van der Waals surface area contributed by atoms with Crippen molar-refractivity contribution < 1.29 is 13.2 Å². The topological polar surface area (TPSA) is 77.3 Å². The van der Waals surface area contributed by atoms with Gasteiger partial charge in [0, 0.05) is 41.6 Å². The van der Waals surface area contributed by atoms with E-state index < -0.39 is 9.84 Å². The van der Waals surface area contributed by atoms with Crippen LogP contribution in [-0.2, 0) is 39.6 Å². The second-order valence-electron chi connectivity index (χ2n) is 9.54. The van der Waals surface area contributed by atoms with E-state index in [1.165, 1.54) is 21.6 Å². The van der Waals surface area contributed by atoms with Gasteiger partial charge in [0.1, 0.15) is 9.84 Å². The molecule has 5 rings (SSSR count). The predicted molar refractivity (Wildman–Crippen MR) is 121 cm³/mol. The van der Waals surface area contributed by atoms with Crippen molar-refractivity contribution >= 4 is 21.2 Å². The van der Waals surface area contributed by atoms with E-state index in [2.05, 4.69) is 35.1 Å². The van der Waals surface area contributed by atoms with Gasteiger partial charge in [-0.1, -0.05) is 12.1 Å². The van der Waals surface area contributed by atoms with Gasteiger partial charge < -0.3 is 4.74 Å². The molecule has 0 radical (unpaired) electrons. The number of rotatable bonds is 5. The minimum Gasteiger partial charge on any atom is -0.370 e. The van der Waals surface area contributed by atoms with E-state index in [0.717, 1.165) is 51.1 Å². The fourth-order valence-corrected chi connectivity index (χ4v) is 7.71. The highest BCUT2D eigenvalue weighted by Crippen LogP contribution is 2.46. The van der Waals surface area contributed by atoms with E-state index in [1.807, 2.05) is 22.2 Å². The fourth-order valence-electron chi connectivity index (χ4n) is 5.39. The van der Waals surface area contributed by atoms with Crippen molar-refractivity contribution in [1.29, 1.82) is 0 Å². The fraction of sp³-hybridized carbons (Fsp3) is 0.727. The Morgan fingerprint density at radius 1 is 1.35 bits per heavy atom. The summed E-state index contributed by atoms with van der Waals surface area (Å²) in [6.07, 6.45) is 8.77. The first kappa shape index (κ1) is 21.6. The number of aryl methyl sites for hydroxylation is 1. The molecule has 2 aromatic heterocycles. The monoisotopic (exact) mass is 464 g/mol. The zero-order valence-corrected chi connectivity index (χ0v) is 20.2. The van der Waals surface area contributed by atoms with Gasteiger partial charge in [-0.25, -0.2) is 13.1 Å². The van der Waals surface area contributed by atoms with Crippen LogP contribution in [0.15, 0.2) is 12.3 Å². The van der Waals surface area contributed by atoms with Crippen molar-refractivity contribution in [3.63, 3.8) is 0 Å². The van der Waals surface area contributed by atoms with Crippen LogP contribution in [0.25, 0.3) is 0 Å². The Morgan fingerprint density at radius 3 is 2.87 bits per heavy atom. The minimum atomic E-state index is -2.95. The van der Waals surface area contributed by atoms with Crippen molar-refractivity contribution in [2.75, 3.05) is 19.4 Å². The molecule has 2 atom stereocenters. The summed E-state index contributed by atoms with van der Waals surface area (Å²) in [4.78, 5) is 5.47. The molecule has 1 spiro atoms. The summed E-state index contributed by atoms with van der Waals surface area (Å²) in [6.45, 7) is 7.10. The van der Waals surface area contributed by atoms with Gasteiger partial charge in [0.15, 0.2) is 0 Å². The standard InChI is InChI=1S/C22H32N4O3S2/c1-4-18-11-20-21(30-18)5-8-29-22(20)6-7-25(15(2)12-22)13-16-14-26(24-23-16)17-9-19(10-17)31(3,27)28/h11,14-15,17,19H,4-10,12-13H2,1-3H3/t15-,17-,19+,22+/m0/s1. The summed E-state index contributed by atoms with van der Waals surface area (Å²) in [7, 11) is -2.95. The van der Waals surface area contributed by atoms with Gasteiger partial charge in [-0.2, -0.15) is 0 Å². The van der Waals surface area contributed by atoms with Crippen molar-refractivity contribution in [3.8, 4) is 0 Å². The third-order valence-electron chi connectivity index (χ3n) is 7.43. The molecule has 4 heterocycles. The van der Waals surface area contributed by atoms with E-state index in [-0.39, 0.29) is 16.9 Å². The molecule has 2 aliphatic heterocycles. The third-order valence-corrected chi connectivity index (χ3v) is 10.4. The number of hydrogen-bond acceptors (Lipinski definition) is 7. The molecule has 1 aliphatic carbocycles. The largest absolute Gasteiger partial charge is 0.370 e. The van der Waals surface area contributed by atoms with Crippen LogP contribution in [0.3, 0.4) is 0 Å². The third kappa shape index (κ3) is 3.98. The van der Waals surface area contributed by atoms with Crippen LogP contribution in [0.2, 0.25) is 0 Å². The van der Waals surface area contributed by atoms with Gasteiger partial charge in [-0.3, -0.25) is 4.90 Å². The first-order chi connectivity index (χ1) is 14.8. The number of hydrogen-bond donors (Lipinski definition) is 0. The molecule has 0 aromatic carbocycles. The quantitative estimate of drug-likeness (QED) is 0.677. The zero-order chi connectivity index (χ0) is 21.8. The lowest BCUT2D eigenvalue weighted by atomic mass is 9.79. The first-order valence-electron chi connectivity index (χ1n) is 11.4. The minimum absolute atomic E-state index is 0.127. The van der Waals surface area contributed by atoms with Crippen LogP contribution >= 0.6 is 11.3 Å². The lowest BCUT2D eigenvalue weighted by Gasteiger charge is -2.47. The SMILES string of the molecule is CCc1cc2c(s1)CCO[C@@]21CCN(Cc2cn([C@H]3C[C@@H](S(C)(=O)=O)C3)nn2)[C@@H](C)C1. The zero-order valence-electron chi connectivity index (χ0n) is 18.6. The number of piperidine rings is 1. The summed E-state index contributed by atoms with van der Waals surface area (Å²) >= 11 is 1.97. The van der Waals surface area contributed by atoms with Crippen molar-refractivity contribution in [3.05, 3.63) is 33.3 Å². The molecule has 0 bridgehead atoms. The molecule has 0 amide bonds.